The molecule has 0 saturated carbocycles. The van der Waals surface area contributed by atoms with Crippen molar-refractivity contribution in [1.82, 2.24) is 15.5 Å². The fourth-order valence-electron chi connectivity index (χ4n) is 7.15. The second-order valence-corrected chi connectivity index (χ2v) is 15.7. The van der Waals surface area contributed by atoms with Crippen molar-refractivity contribution in [2.75, 3.05) is 6.61 Å². The van der Waals surface area contributed by atoms with Gasteiger partial charge in [0.25, 0.3) is 0 Å². The van der Waals surface area contributed by atoms with Gasteiger partial charge in [0.1, 0.15) is 6.04 Å². The lowest BCUT2D eigenvalue weighted by Gasteiger charge is -2.40. The third kappa shape index (κ3) is 5.39. The average molecular weight is 609 g/mol. The molecule has 0 radical (unpaired) electrons. The van der Waals surface area contributed by atoms with Crippen LogP contribution < -0.4 is 10.6 Å². The number of nitrogens with zero attached hydrogens (tertiary/aromatic N) is 1. The Hall–Kier alpha value is -1.58. The van der Waals surface area contributed by atoms with Crippen molar-refractivity contribution in [2.45, 2.75) is 99.8 Å². The summed E-state index contributed by atoms with van der Waals surface area (Å²) in [5, 5.41) is 16.5. The van der Waals surface area contributed by atoms with Crippen LogP contribution in [0.25, 0.3) is 0 Å². The first-order chi connectivity index (χ1) is 17.7. The first-order valence-electron chi connectivity index (χ1n) is 13.6. The van der Waals surface area contributed by atoms with Crippen LogP contribution in [-0.2, 0) is 20.9 Å². The Bertz CT molecular complexity index is 1060. The van der Waals surface area contributed by atoms with Crippen LogP contribution in [0.1, 0.15) is 66.4 Å². The van der Waals surface area contributed by atoms with E-state index in [-0.39, 0.29) is 39.8 Å². The summed E-state index contributed by atoms with van der Waals surface area (Å²) in [6.45, 7) is 12.5. The normalized spacial score (nSPS) is 31.3. The Morgan fingerprint density at radius 1 is 1.18 bits per heavy atom. The van der Waals surface area contributed by atoms with E-state index < -0.39 is 34.2 Å². The molecule has 7 nitrogen and oxygen atoms in total. The standard InChI is InChI=1S/C29H42BrN3O4S/c1-7-18(15-34)33-23(25(36)32-28(5,6)16-27(2,3)4)29-13-19(30)22(38-29)20(21(29)26(33)37)24(35)31-14-17-11-9-8-10-12-17/h8-12,18-23,34H,7,13-16H2,1-6H3,(H,31,35)(H,32,36)/t18-,19?,20-,21-,22-,23?,29?/m0/s1. The Balaban J connectivity index is 1.67. The topological polar surface area (TPSA) is 98.7 Å². The summed E-state index contributed by atoms with van der Waals surface area (Å²) in [7, 11) is 0. The van der Waals surface area contributed by atoms with Crippen LogP contribution in [0.3, 0.4) is 0 Å². The zero-order valence-electron chi connectivity index (χ0n) is 23.3. The van der Waals surface area contributed by atoms with E-state index in [9.17, 15) is 19.5 Å². The van der Waals surface area contributed by atoms with Gasteiger partial charge in [0.15, 0.2) is 0 Å². The molecule has 9 heteroatoms. The predicted octanol–water partition coefficient (Wildman–Crippen LogP) is 3.87. The van der Waals surface area contributed by atoms with Gasteiger partial charge in [-0.3, -0.25) is 14.4 Å². The maximum atomic E-state index is 14.2. The minimum absolute atomic E-state index is 0.00326. The summed E-state index contributed by atoms with van der Waals surface area (Å²) in [5.41, 5.74) is 0.510. The second-order valence-electron chi connectivity index (χ2n) is 13.0. The number of halogens is 1. The van der Waals surface area contributed by atoms with Crippen LogP contribution in [0, 0.1) is 17.3 Å². The number of carbonyl (C=O) groups excluding carboxylic acids is 3. The number of carbonyl (C=O) groups is 3. The van der Waals surface area contributed by atoms with E-state index >= 15 is 0 Å². The van der Waals surface area contributed by atoms with E-state index in [0.717, 1.165) is 12.0 Å². The number of benzene rings is 1. The van der Waals surface area contributed by atoms with E-state index in [2.05, 4.69) is 47.3 Å². The molecule has 1 spiro atoms. The van der Waals surface area contributed by atoms with Gasteiger partial charge >= 0.3 is 0 Å². The van der Waals surface area contributed by atoms with Gasteiger partial charge in [0.2, 0.25) is 17.7 Å². The van der Waals surface area contributed by atoms with E-state index in [0.29, 0.717) is 19.4 Å². The molecule has 3 fully saturated rings. The minimum Gasteiger partial charge on any atom is -0.394 e. The van der Waals surface area contributed by atoms with Crippen molar-refractivity contribution in [3.8, 4) is 0 Å². The third-order valence-electron chi connectivity index (χ3n) is 8.10. The van der Waals surface area contributed by atoms with Crippen molar-refractivity contribution in [3.63, 3.8) is 0 Å². The molecule has 3 aliphatic heterocycles. The molecule has 3 aliphatic rings. The third-order valence-corrected chi connectivity index (χ3v) is 11.3. The molecular formula is C29H42BrN3O4S. The fraction of sp³-hybridized carbons (Fsp3) is 0.690. The molecule has 3 N–H and O–H groups in total. The SMILES string of the molecule is CC[C@@H](CO)N1C(=O)[C@@H]2[C@H](C(=O)NCc3ccccc3)[C@H]3SC2(CC3Br)C1C(=O)NC(C)(C)CC(C)(C)C. The maximum absolute atomic E-state index is 14.2. The quantitative estimate of drug-likeness (QED) is 0.370. The number of aliphatic hydroxyl groups excluding tert-OH is 1. The second kappa shape index (κ2) is 10.8. The summed E-state index contributed by atoms with van der Waals surface area (Å²) in [6, 6.07) is 8.48. The molecule has 210 valence electrons. The van der Waals surface area contributed by atoms with E-state index in [4.69, 9.17) is 0 Å². The monoisotopic (exact) mass is 607 g/mol. The first kappa shape index (κ1) is 29.4. The van der Waals surface area contributed by atoms with E-state index in [1.807, 2.05) is 51.1 Å². The molecule has 7 atom stereocenters. The molecule has 3 saturated heterocycles. The fourth-order valence-corrected chi connectivity index (χ4v) is 10.7. The van der Waals surface area contributed by atoms with Gasteiger partial charge in [0.05, 0.1) is 29.2 Å². The Morgan fingerprint density at radius 3 is 2.42 bits per heavy atom. The molecule has 1 aromatic carbocycles. The number of amides is 3. The Labute approximate surface area is 239 Å². The summed E-state index contributed by atoms with van der Waals surface area (Å²) in [4.78, 5) is 43.6. The average Bonchev–Trinajstić information content (AvgIpc) is 3.41. The highest BCUT2D eigenvalue weighted by atomic mass is 79.9. The highest BCUT2D eigenvalue weighted by Gasteiger charge is 2.76. The summed E-state index contributed by atoms with van der Waals surface area (Å²) in [5.74, 6) is -1.69. The molecule has 3 unspecified atom stereocenters. The number of thioether (sulfide) groups is 1. The summed E-state index contributed by atoms with van der Waals surface area (Å²) >= 11 is 5.43. The van der Waals surface area contributed by atoms with Crippen LogP contribution in [0.2, 0.25) is 0 Å². The minimum atomic E-state index is -0.752. The van der Waals surface area contributed by atoms with Gasteiger partial charge in [-0.2, -0.15) is 0 Å². The van der Waals surface area contributed by atoms with Crippen molar-refractivity contribution in [2.24, 2.45) is 17.3 Å². The predicted molar refractivity (Wildman–Crippen MR) is 155 cm³/mol. The largest absolute Gasteiger partial charge is 0.394 e. The Kier molecular flexibility index (Phi) is 8.33. The smallest absolute Gasteiger partial charge is 0.244 e. The van der Waals surface area contributed by atoms with Crippen LogP contribution in [0.4, 0.5) is 0 Å². The zero-order chi connectivity index (χ0) is 28.0. The first-order valence-corrected chi connectivity index (χ1v) is 15.4. The van der Waals surface area contributed by atoms with Crippen LogP contribution >= 0.6 is 27.7 Å². The molecule has 1 aromatic rings. The lowest BCUT2D eigenvalue weighted by atomic mass is 9.70. The van der Waals surface area contributed by atoms with Crippen molar-refractivity contribution in [3.05, 3.63) is 35.9 Å². The van der Waals surface area contributed by atoms with Gasteiger partial charge in [-0.25, -0.2) is 0 Å². The zero-order valence-corrected chi connectivity index (χ0v) is 25.7. The number of nitrogens with one attached hydrogen (secondary N) is 2. The molecule has 38 heavy (non-hydrogen) atoms. The summed E-state index contributed by atoms with van der Waals surface area (Å²) < 4.78 is -0.727. The lowest BCUT2D eigenvalue weighted by Crippen LogP contribution is -2.60. The molecule has 2 bridgehead atoms. The summed E-state index contributed by atoms with van der Waals surface area (Å²) in [6.07, 6.45) is 1.91. The van der Waals surface area contributed by atoms with Crippen molar-refractivity contribution in [1.29, 1.82) is 0 Å². The van der Waals surface area contributed by atoms with E-state index in [1.165, 1.54) is 0 Å². The van der Waals surface area contributed by atoms with Crippen LogP contribution in [-0.4, -0.2) is 66.8 Å². The van der Waals surface area contributed by atoms with Gasteiger partial charge < -0.3 is 20.6 Å². The van der Waals surface area contributed by atoms with Gasteiger partial charge in [-0.15, -0.1) is 11.8 Å². The molecule has 0 aromatic heterocycles. The van der Waals surface area contributed by atoms with Crippen molar-refractivity contribution >= 4 is 45.4 Å². The number of hydrogen-bond acceptors (Lipinski definition) is 5. The number of hydrogen-bond donors (Lipinski definition) is 3. The van der Waals surface area contributed by atoms with Crippen LogP contribution in [0.15, 0.2) is 30.3 Å². The molecule has 4 rings (SSSR count). The number of likely N-dealkylation sites (tertiary alicyclic amines) is 1. The molecule has 3 heterocycles. The van der Waals surface area contributed by atoms with Gasteiger partial charge in [-0.05, 0) is 44.1 Å². The molecule has 0 aliphatic carbocycles. The number of aliphatic hydroxyl groups is 1. The molecule has 3 amide bonds. The lowest BCUT2D eigenvalue weighted by molar-refractivity contribution is -0.143. The van der Waals surface area contributed by atoms with Crippen molar-refractivity contribution < 1.29 is 19.5 Å². The van der Waals surface area contributed by atoms with Gasteiger partial charge in [-0.1, -0.05) is 74.0 Å². The number of fused-ring (bicyclic) bond motifs is 1. The number of alkyl halides is 1. The van der Waals surface area contributed by atoms with Gasteiger partial charge in [0, 0.05) is 22.2 Å². The van der Waals surface area contributed by atoms with E-state index in [1.54, 1.807) is 16.7 Å². The highest BCUT2D eigenvalue weighted by molar-refractivity contribution is 9.09. The van der Waals surface area contributed by atoms with Crippen LogP contribution in [0.5, 0.6) is 0 Å². The Morgan fingerprint density at radius 2 is 1.84 bits per heavy atom. The maximum Gasteiger partial charge on any atom is 0.244 e. The molecular weight excluding hydrogens is 566 g/mol. The highest BCUT2D eigenvalue weighted by Crippen LogP contribution is 2.68. The number of rotatable bonds is 9.